The number of nitrogens with zero attached hydrogens (tertiary/aromatic N) is 2. The molecule has 2 aromatic carbocycles. The molecule has 33 heavy (non-hydrogen) atoms. The van der Waals surface area contributed by atoms with Gasteiger partial charge in [0.05, 0.1) is 16.9 Å². The summed E-state index contributed by atoms with van der Waals surface area (Å²) in [5.41, 5.74) is -3.87. The van der Waals surface area contributed by atoms with Gasteiger partial charge in [0, 0.05) is 5.56 Å². The van der Waals surface area contributed by atoms with E-state index < -0.39 is 32.8 Å². The van der Waals surface area contributed by atoms with Crippen LogP contribution in [0, 0.1) is 0 Å². The molecule has 1 aliphatic rings. The molecule has 1 aliphatic carbocycles. The Kier molecular flexibility index (Phi) is 6.38. The van der Waals surface area contributed by atoms with Gasteiger partial charge >= 0.3 is 21.6 Å². The van der Waals surface area contributed by atoms with Crippen molar-refractivity contribution in [3.05, 3.63) is 64.7 Å². The molecule has 0 aromatic heterocycles. The molecule has 0 heterocycles. The van der Waals surface area contributed by atoms with E-state index >= 15 is 0 Å². The molecule has 0 unspecified atom stereocenters. The number of carboxylic acid groups (broad SMARTS) is 1. The normalized spacial score (nSPS) is 15.8. The van der Waals surface area contributed by atoms with Crippen molar-refractivity contribution < 1.29 is 35.7 Å². The molecule has 0 spiro atoms. The van der Waals surface area contributed by atoms with E-state index in [0.717, 1.165) is 0 Å². The first-order valence-corrected chi connectivity index (χ1v) is 11.3. The van der Waals surface area contributed by atoms with E-state index in [1.165, 1.54) is 24.3 Å². The van der Waals surface area contributed by atoms with Crippen LogP contribution in [0.3, 0.4) is 0 Å². The van der Waals surface area contributed by atoms with Gasteiger partial charge in [0.15, 0.2) is 0 Å². The number of rotatable bonds is 6. The Balaban J connectivity index is 1.98. The minimum Gasteiger partial charge on any atom is -0.478 e. The van der Waals surface area contributed by atoms with Gasteiger partial charge in [-0.2, -0.15) is 31.8 Å². The van der Waals surface area contributed by atoms with Gasteiger partial charge in [0.25, 0.3) is 0 Å². The number of azo groups is 1. The lowest BCUT2D eigenvalue weighted by Crippen LogP contribution is -2.27. The predicted molar refractivity (Wildman–Crippen MR) is 115 cm³/mol. The fraction of sp³-hybridized carbons (Fsp3) is 0.318. The minimum atomic E-state index is -5.83. The van der Waals surface area contributed by atoms with Gasteiger partial charge in [-0.25, -0.2) is 4.79 Å². The molecule has 1 N–H and O–H groups in total. The summed E-state index contributed by atoms with van der Waals surface area (Å²) in [5, 5.41) is 17.4. The maximum atomic E-state index is 12.8. The van der Waals surface area contributed by atoms with Crippen LogP contribution in [0.15, 0.2) is 52.7 Å². The fourth-order valence-electron chi connectivity index (χ4n) is 3.46. The Morgan fingerprint density at radius 3 is 2.30 bits per heavy atom. The Bertz CT molecular complexity index is 1270. The lowest BCUT2D eigenvalue weighted by atomic mass is 9.75. The van der Waals surface area contributed by atoms with E-state index in [1.807, 2.05) is 13.8 Å². The third-order valence-corrected chi connectivity index (χ3v) is 6.23. The summed E-state index contributed by atoms with van der Waals surface area (Å²) in [5.74, 6) is -1.47. The number of aromatic carboxylic acids is 1. The van der Waals surface area contributed by atoms with Gasteiger partial charge in [-0.15, -0.1) is 0 Å². The molecule has 0 bridgehead atoms. The van der Waals surface area contributed by atoms with E-state index in [1.54, 1.807) is 25.1 Å². The zero-order chi connectivity index (χ0) is 24.6. The van der Waals surface area contributed by atoms with Crippen LogP contribution in [0.25, 0.3) is 5.76 Å². The quantitative estimate of drug-likeness (QED) is 0.298. The molecule has 176 valence electrons. The molecule has 0 radical (unpaired) electrons. The molecular weight excluding hydrogens is 461 g/mol. The third kappa shape index (κ3) is 5.08. The Labute approximate surface area is 188 Å². The molecule has 3 rings (SSSR count). The lowest BCUT2D eigenvalue weighted by molar-refractivity contribution is -0.0509. The van der Waals surface area contributed by atoms with Crippen LogP contribution in [0.5, 0.6) is 0 Å². The number of fused-ring (bicyclic) bond motifs is 1. The summed E-state index contributed by atoms with van der Waals surface area (Å²) < 4.78 is 66.0. The molecule has 11 heteroatoms. The molecular formula is C22H21F3N2O5S. The number of allylic oxidation sites excluding steroid dienone is 1. The first kappa shape index (κ1) is 24.4. The van der Waals surface area contributed by atoms with Gasteiger partial charge in [-0.05, 0) is 65.8 Å². The molecule has 0 aliphatic heterocycles. The van der Waals surface area contributed by atoms with Gasteiger partial charge in [-0.3, -0.25) is 0 Å². The highest BCUT2D eigenvalue weighted by atomic mass is 32.2. The highest BCUT2D eigenvalue weighted by Gasteiger charge is 2.49. The Morgan fingerprint density at radius 1 is 1.12 bits per heavy atom. The average Bonchev–Trinajstić information content (AvgIpc) is 2.73. The summed E-state index contributed by atoms with van der Waals surface area (Å²) in [6.45, 7) is 5.54. The standard InChI is InChI=1S/C22H21F3N2O5S/c1-4-13-11-14(5-7-16(13)20(28)29)26-27-15-6-8-18-17(12-15)19(9-10-21(18,2)3)32-33(30,31)22(23,24)25/h5-9,11-12H,4,10H2,1-3H3,(H,28,29)/b27-26+. The van der Waals surface area contributed by atoms with Crippen molar-refractivity contribution in [3.63, 3.8) is 0 Å². The van der Waals surface area contributed by atoms with Crippen LogP contribution in [0.1, 0.15) is 54.2 Å². The molecule has 0 atom stereocenters. The zero-order valence-electron chi connectivity index (χ0n) is 18.0. The number of hydrogen-bond acceptors (Lipinski definition) is 6. The highest BCUT2D eigenvalue weighted by molar-refractivity contribution is 7.87. The summed E-state index contributed by atoms with van der Waals surface area (Å²) in [4.78, 5) is 11.3. The zero-order valence-corrected chi connectivity index (χ0v) is 18.8. The molecule has 0 saturated heterocycles. The number of aryl methyl sites for hydroxylation is 1. The lowest BCUT2D eigenvalue weighted by Gasteiger charge is -2.31. The SMILES string of the molecule is CCc1cc(/N=N/c2ccc3c(c2)C(OS(=O)(=O)C(F)(F)F)=CCC3(C)C)ccc1C(=O)O. The van der Waals surface area contributed by atoms with Crippen LogP contribution >= 0.6 is 0 Å². The largest absolute Gasteiger partial charge is 0.534 e. The number of benzene rings is 2. The maximum absolute atomic E-state index is 12.8. The van der Waals surface area contributed by atoms with E-state index in [-0.39, 0.29) is 23.2 Å². The Morgan fingerprint density at radius 2 is 1.73 bits per heavy atom. The summed E-state index contributed by atoms with van der Waals surface area (Å²) >= 11 is 0. The number of alkyl halides is 3. The molecule has 2 aromatic rings. The number of halogens is 3. The molecule has 7 nitrogen and oxygen atoms in total. The number of hydrogen-bond donors (Lipinski definition) is 1. The number of carboxylic acids is 1. The van der Waals surface area contributed by atoms with Crippen LogP contribution in [0.4, 0.5) is 24.5 Å². The minimum absolute atomic E-state index is 0.158. The van der Waals surface area contributed by atoms with Gasteiger partial charge in [-0.1, -0.05) is 26.8 Å². The van der Waals surface area contributed by atoms with Crippen LogP contribution in [-0.4, -0.2) is 25.0 Å². The van der Waals surface area contributed by atoms with E-state index in [9.17, 15) is 31.5 Å². The fourth-order valence-corrected chi connectivity index (χ4v) is 3.95. The van der Waals surface area contributed by atoms with Crippen molar-refractivity contribution in [2.45, 2.75) is 44.5 Å². The monoisotopic (exact) mass is 482 g/mol. The smallest absolute Gasteiger partial charge is 0.478 e. The van der Waals surface area contributed by atoms with E-state index in [2.05, 4.69) is 14.4 Å². The van der Waals surface area contributed by atoms with Crippen LogP contribution < -0.4 is 0 Å². The van der Waals surface area contributed by atoms with Crippen molar-refractivity contribution in [1.82, 2.24) is 0 Å². The third-order valence-electron chi connectivity index (χ3n) is 5.26. The highest BCUT2D eigenvalue weighted by Crippen LogP contribution is 2.42. The first-order chi connectivity index (χ1) is 15.2. The second-order valence-electron chi connectivity index (χ2n) is 8.07. The van der Waals surface area contributed by atoms with Crippen molar-refractivity contribution in [2.24, 2.45) is 10.2 Å². The van der Waals surface area contributed by atoms with Gasteiger partial charge in [0.2, 0.25) is 0 Å². The summed E-state index contributed by atoms with van der Waals surface area (Å²) in [6, 6.07) is 9.14. The van der Waals surface area contributed by atoms with Crippen molar-refractivity contribution in [2.75, 3.05) is 0 Å². The molecule has 0 amide bonds. The number of carbonyl (C=O) groups is 1. The first-order valence-electron chi connectivity index (χ1n) is 9.89. The van der Waals surface area contributed by atoms with Crippen LogP contribution in [0.2, 0.25) is 0 Å². The second kappa shape index (κ2) is 8.62. The van der Waals surface area contributed by atoms with Crippen LogP contribution in [-0.2, 0) is 26.1 Å². The molecule has 0 saturated carbocycles. The van der Waals surface area contributed by atoms with Crippen molar-refractivity contribution in [3.8, 4) is 0 Å². The molecule has 0 fully saturated rings. The van der Waals surface area contributed by atoms with Crippen molar-refractivity contribution >= 4 is 33.2 Å². The predicted octanol–water partition coefficient (Wildman–Crippen LogP) is 6.25. The second-order valence-corrected chi connectivity index (χ2v) is 9.61. The average molecular weight is 482 g/mol. The van der Waals surface area contributed by atoms with Crippen molar-refractivity contribution in [1.29, 1.82) is 0 Å². The summed E-state index contributed by atoms with van der Waals surface area (Å²) in [6.07, 6.45) is 2.06. The van der Waals surface area contributed by atoms with Gasteiger partial charge in [0.1, 0.15) is 5.76 Å². The maximum Gasteiger partial charge on any atom is 0.534 e. The topological polar surface area (TPSA) is 105 Å². The Hall–Kier alpha value is -3.21. The van der Waals surface area contributed by atoms with E-state index in [4.69, 9.17) is 0 Å². The van der Waals surface area contributed by atoms with E-state index in [0.29, 0.717) is 23.2 Å². The van der Waals surface area contributed by atoms with Gasteiger partial charge < -0.3 is 9.29 Å². The summed E-state index contributed by atoms with van der Waals surface area (Å²) in [7, 11) is -5.83.